The summed E-state index contributed by atoms with van der Waals surface area (Å²) in [6.45, 7) is 4.34. The Morgan fingerprint density at radius 2 is 1.52 bits per heavy atom. The second-order valence-corrected chi connectivity index (χ2v) is 6.19. The van der Waals surface area contributed by atoms with Gasteiger partial charge in [0.15, 0.2) is 0 Å². The molecule has 0 spiro atoms. The summed E-state index contributed by atoms with van der Waals surface area (Å²) >= 11 is 0. The first-order chi connectivity index (χ1) is 12.3. The minimum Gasteiger partial charge on any atom is -0.384 e. The van der Waals surface area contributed by atoms with Crippen LogP contribution in [0.3, 0.4) is 0 Å². The molecule has 0 bridgehead atoms. The SMILES string of the molecule is OCC#CCN1CCN([C@H](c2ccccc2)c2ccc(F)cc2)CC1. The van der Waals surface area contributed by atoms with Crippen LogP contribution in [0.2, 0.25) is 0 Å². The Morgan fingerprint density at radius 3 is 2.16 bits per heavy atom. The molecule has 1 fully saturated rings. The van der Waals surface area contributed by atoms with Gasteiger partial charge in [-0.2, -0.15) is 0 Å². The first-order valence-electron chi connectivity index (χ1n) is 8.61. The summed E-state index contributed by atoms with van der Waals surface area (Å²) < 4.78 is 13.3. The minimum atomic E-state index is -0.206. The maximum Gasteiger partial charge on any atom is 0.123 e. The number of hydrogen-bond donors (Lipinski definition) is 1. The second kappa shape index (κ2) is 8.77. The molecule has 3 rings (SSSR count). The van der Waals surface area contributed by atoms with Crippen molar-refractivity contribution in [3.63, 3.8) is 0 Å². The molecule has 2 aromatic carbocycles. The van der Waals surface area contributed by atoms with Gasteiger partial charge in [0.2, 0.25) is 0 Å². The molecule has 25 heavy (non-hydrogen) atoms. The Labute approximate surface area is 148 Å². The zero-order chi connectivity index (χ0) is 17.5. The van der Waals surface area contributed by atoms with Crippen molar-refractivity contribution in [2.24, 2.45) is 0 Å². The summed E-state index contributed by atoms with van der Waals surface area (Å²) in [7, 11) is 0. The molecule has 1 saturated heterocycles. The summed E-state index contributed by atoms with van der Waals surface area (Å²) in [5, 5.41) is 8.76. The van der Waals surface area contributed by atoms with Crippen LogP contribution in [0.5, 0.6) is 0 Å². The maximum absolute atomic E-state index is 13.3. The van der Waals surface area contributed by atoms with Gasteiger partial charge in [0, 0.05) is 26.2 Å². The summed E-state index contributed by atoms with van der Waals surface area (Å²) in [6.07, 6.45) is 0. The summed E-state index contributed by atoms with van der Waals surface area (Å²) in [4.78, 5) is 4.74. The zero-order valence-corrected chi connectivity index (χ0v) is 14.2. The Morgan fingerprint density at radius 1 is 0.880 bits per heavy atom. The van der Waals surface area contributed by atoms with E-state index < -0.39 is 0 Å². The smallest absolute Gasteiger partial charge is 0.123 e. The molecule has 3 nitrogen and oxygen atoms in total. The van der Waals surface area contributed by atoms with Gasteiger partial charge in [0.1, 0.15) is 12.4 Å². The van der Waals surface area contributed by atoms with E-state index in [0.29, 0.717) is 6.54 Å². The summed E-state index contributed by atoms with van der Waals surface area (Å²) in [5.74, 6) is 5.48. The third kappa shape index (κ3) is 4.67. The Kier molecular flexibility index (Phi) is 6.19. The van der Waals surface area contributed by atoms with E-state index in [9.17, 15) is 4.39 Å². The lowest BCUT2D eigenvalue weighted by Crippen LogP contribution is -2.47. The average Bonchev–Trinajstić information content (AvgIpc) is 2.66. The van der Waals surface area contributed by atoms with Crippen molar-refractivity contribution < 1.29 is 9.50 Å². The summed E-state index contributed by atoms with van der Waals surface area (Å²) in [6, 6.07) is 17.3. The molecular formula is C21H23FN2O. The van der Waals surface area contributed by atoms with Crippen LogP contribution in [0.1, 0.15) is 17.2 Å². The number of halogens is 1. The Balaban J connectivity index is 1.76. The molecule has 0 amide bonds. The molecule has 1 aliphatic rings. The van der Waals surface area contributed by atoms with E-state index in [1.165, 1.54) is 17.7 Å². The fraction of sp³-hybridized carbons (Fsp3) is 0.333. The van der Waals surface area contributed by atoms with Crippen molar-refractivity contribution in [2.75, 3.05) is 39.3 Å². The lowest BCUT2D eigenvalue weighted by atomic mass is 9.96. The van der Waals surface area contributed by atoms with E-state index in [2.05, 4.69) is 33.8 Å². The number of nitrogens with zero attached hydrogens (tertiary/aromatic N) is 2. The number of aliphatic hydroxyl groups excluding tert-OH is 1. The Hall–Kier alpha value is -2.19. The molecular weight excluding hydrogens is 315 g/mol. The average molecular weight is 338 g/mol. The molecule has 0 unspecified atom stereocenters. The van der Waals surface area contributed by atoms with Gasteiger partial charge in [-0.3, -0.25) is 9.80 Å². The number of aliphatic hydroxyl groups is 1. The van der Waals surface area contributed by atoms with Gasteiger partial charge in [-0.25, -0.2) is 4.39 Å². The van der Waals surface area contributed by atoms with Gasteiger partial charge in [0.05, 0.1) is 12.6 Å². The first kappa shape index (κ1) is 17.6. The van der Waals surface area contributed by atoms with Crippen molar-refractivity contribution in [1.82, 2.24) is 9.80 Å². The van der Waals surface area contributed by atoms with Crippen LogP contribution in [-0.4, -0.2) is 54.2 Å². The standard InChI is InChI=1S/C21H23FN2O/c22-20-10-8-19(9-11-20)21(18-6-2-1-3-7-18)24-15-13-23(14-16-24)12-4-5-17-25/h1-3,6-11,21,25H,12-17H2/t21-/m1/s1. The lowest BCUT2D eigenvalue weighted by Gasteiger charge is -2.39. The van der Waals surface area contributed by atoms with Crippen molar-refractivity contribution in [3.05, 3.63) is 71.5 Å². The maximum atomic E-state index is 13.3. The van der Waals surface area contributed by atoms with E-state index in [1.54, 1.807) is 0 Å². The largest absolute Gasteiger partial charge is 0.384 e. The van der Waals surface area contributed by atoms with Gasteiger partial charge in [-0.1, -0.05) is 54.3 Å². The fourth-order valence-electron chi connectivity index (χ4n) is 3.30. The van der Waals surface area contributed by atoms with Crippen molar-refractivity contribution >= 4 is 0 Å². The zero-order valence-electron chi connectivity index (χ0n) is 14.2. The van der Waals surface area contributed by atoms with E-state index in [0.717, 1.165) is 31.7 Å². The van der Waals surface area contributed by atoms with E-state index in [-0.39, 0.29) is 18.5 Å². The first-order valence-corrected chi connectivity index (χ1v) is 8.61. The van der Waals surface area contributed by atoms with E-state index in [1.807, 2.05) is 30.3 Å². The predicted molar refractivity (Wildman–Crippen MR) is 97.6 cm³/mol. The lowest BCUT2D eigenvalue weighted by molar-refractivity contribution is 0.119. The number of hydrogen-bond acceptors (Lipinski definition) is 3. The van der Waals surface area contributed by atoms with Crippen molar-refractivity contribution in [3.8, 4) is 11.8 Å². The highest BCUT2D eigenvalue weighted by atomic mass is 19.1. The molecule has 1 heterocycles. The van der Waals surface area contributed by atoms with Gasteiger partial charge in [-0.15, -0.1) is 0 Å². The highest BCUT2D eigenvalue weighted by Crippen LogP contribution is 2.29. The molecule has 1 N–H and O–H groups in total. The minimum absolute atomic E-state index is 0.0827. The monoisotopic (exact) mass is 338 g/mol. The summed E-state index contributed by atoms with van der Waals surface area (Å²) in [5.41, 5.74) is 2.34. The van der Waals surface area contributed by atoms with Crippen LogP contribution in [0, 0.1) is 17.7 Å². The van der Waals surface area contributed by atoms with Gasteiger partial charge >= 0.3 is 0 Å². The van der Waals surface area contributed by atoms with Gasteiger partial charge in [-0.05, 0) is 23.3 Å². The number of rotatable bonds is 4. The molecule has 1 aliphatic heterocycles. The fourth-order valence-corrected chi connectivity index (χ4v) is 3.30. The highest BCUT2D eigenvalue weighted by molar-refractivity contribution is 5.32. The molecule has 1 atom stereocenters. The highest BCUT2D eigenvalue weighted by Gasteiger charge is 2.26. The third-order valence-electron chi connectivity index (χ3n) is 4.58. The second-order valence-electron chi connectivity index (χ2n) is 6.19. The molecule has 130 valence electrons. The van der Waals surface area contributed by atoms with Crippen LogP contribution in [0.15, 0.2) is 54.6 Å². The van der Waals surface area contributed by atoms with Crippen LogP contribution in [0.4, 0.5) is 4.39 Å². The normalized spacial score (nSPS) is 16.9. The molecule has 0 saturated carbocycles. The van der Waals surface area contributed by atoms with Crippen LogP contribution < -0.4 is 0 Å². The van der Waals surface area contributed by atoms with Crippen LogP contribution in [0.25, 0.3) is 0 Å². The molecule has 4 heteroatoms. The van der Waals surface area contributed by atoms with Gasteiger partial charge < -0.3 is 5.11 Å². The predicted octanol–water partition coefficient (Wildman–Crippen LogP) is 2.53. The topological polar surface area (TPSA) is 26.7 Å². The third-order valence-corrected chi connectivity index (χ3v) is 4.58. The molecule has 0 aliphatic carbocycles. The number of piperazine rings is 1. The van der Waals surface area contributed by atoms with Crippen LogP contribution >= 0.6 is 0 Å². The van der Waals surface area contributed by atoms with Gasteiger partial charge in [0.25, 0.3) is 0 Å². The molecule has 0 radical (unpaired) electrons. The molecule has 0 aromatic heterocycles. The Bertz CT molecular complexity index is 713. The number of benzene rings is 2. The van der Waals surface area contributed by atoms with Crippen LogP contribution in [-0.2, 0) is 0 Å². The van der Waals surface area contributed by atoms with Crippen molar-refractivity contribution in [2.45, 2.75) is 6.04 Å². The van der Waals surface area contributed by atoms with E-state index >= 15 is 0 Å². The van der Waals surface area contributed by atoms with Crippen molar-refractivity contribution in [1.29, 1.82) is 0 Å². The molecule has 2 aromatic rings. The quantitative estimate of drug-likeness (QED) is 0.868. The van der Waals surface area contributed by atoms with E-state index in [4.69, 9.17) is 5.11 Å².